The van der Waals surface area contributed by atoms with Crippen molar-refractivity contribution in [3.8, 4) is 11.1 Å². The average molecular weight is 460 g/mol. The van der Waals surface area contributed by atoms with E-state index < -0.39 is 15.9 Å². The van der Waals surface area contributed by atoms with Gasteiger partial charge in [0.2, 0.25) is 5.91 Å². The highest BCUT2D eigenvalue weighted by Crippen LogP contribution is 2.45. The molecule has 0 radical (unpaired) electrons. The molecule has 2 aromatic carbocycles. The summed E-state index contributed by atoms with van der Waals surface area (Å²) in [5.74, 6) is -0.624. The lowest BCUT2D eigenvalue weighted by molar-refractivity contribution is -0.117. The summed E-state index contributed by atoms with van der Waals surface area (Å²) in [5.41, 5.74) is 4.96. The minimum atomic E-state index is -3.86. The van der Waals surface area contributed by atoms with Crippen LogP contribution in [-0.4, -0.2) is 14.3 Å². The van der Waals surface area contributed by atoms with Crippen molar-refractivity contribution in [2.45, 2.75) is 38.1 Å². The van der Waals surface area contributed by atoms with Crippen molar-refractivity contribution >= 4 is 48.0 Å². The molecule has 9 heteroatoms. The first-order valence-corrected chi connectivity index (χ1v) is 12.9. The number of amides is 1. The van der Waals surface area contributed by atoms with E-state index in [9.17, 15) is 13.2 Å². The van der Waals surface area contributed by atoms with Gasteiger partial charge < -0.3 is 5.32 Å². The van der Waals surface area contributed by atoms with Gasteiger partial charge in [-0.1, -0.05) is 32.3 Å². The molecule has 0 bridgehead atoms. The highest BCUT2D eigenvalue weighted by atomic mass is 32.9. The molecule has 4 rings (SSSR count). The summed E-state index contributed by atoms with van der Waals surface area (Å²) in [5, 5.41) is 3.61. The summed E-state index contributed by atoms with van der Waals surface area (Å²) in [6.07, 6.45) is 0. The second-order valence-electron chi connectivity index (χ2n) is 7.74. The van der Waals surface area contributed by atoms with Crippen molar-refractivity contribution in [1.29, 1.82) is 0 Å². The van der Waals surface area contributed by atoms with Gasteiger partial charge in [-0.15, -0.1) is 0 Å². The SMILES string of the molecule is CC(=O)NS(=O)(=O)c1ccc(N=c2ssc3c2-c2cc(C)ccc2NC3(C)C)cc1. The summed E-state index contributed by atoms with van der Waals surface area (Å²) < 4.78 is 27.1. The molecule has 2 heterocycles. The number of rotatable bonds is 3. The summed E-state index contributed by atoms with van der Waals surface area (Å²) in [6, 6.07) is 12.6. The van der Waals surface area contributed by atoms with Gasteiger partial charge in [0.15, 0.2) is 0 Å². The first kappa shape index (κ1) is 20.8. The minimum Gasteiger partial charge on any atom is -0.375 e. The van der Waals surface area contributed by atoms with Crippen molar-refractivity contribution < 1.29 is 13.2 Å². The van der Waals surface area contributed by atoms with E-state index in [1.165, 1.54) is 22.6 Å². The number of fused-ring (bicyclic) bond motifs is 3. The average Bonchev–Trinajstić information content (AvgIpc) is 3.07. The van der Waals surface area contributed by atoms with E-state index in [2.05, 4.69) is 44.3 Å². The molecule has 3 aromatic rings. The Bertz CT molecular complexity index is 1320. The van der Waals surface area contributed by atoms with Crippen molar-refractivity contribution in [3.63, 3.8) is 0 Å². The molecule has 0 saturated heterocycles. The largest absolute Gasteiger partial charge is 0.375 e. The lowest BCUT2D eigenvalue weighted by Crippen LogP contribution is -2.31. The zero-order chi connectivity index (χ0) is 21.7. The van der Waals surface area contributed by atoms with E-state index in [0.29, 0.717) is 5.69 Å². The fourth-order valence-corrected chi connectivity index (χ4v) is 7.35. The summed E-state index contributed by atoms with van der Waals surface area (Å²) in [4.78, 5) is 17.2. The third kappa shape index (κ3) is 3.80. The van der Waals surface area contributed by atoms with Crippen LogP contribution in [0.2, 0.25) is 0 Å². The highest BCUT2D eigenvalue weighted by Gasteiger charge is 2.33. The van der Waals surface area contributed by atoms with E-state index in [1.807, 2.05) is 4.72 Å². The van der Waals surface area contributed by atoms with E-state index in [-0.39, 0.29) is 10.4 Å². The van der Waals surface area contributed by atoms with Crippen molar-refractivity contribution in [3.05, 3.63) is 57.6 Å². The van der Waals surface area contributed by atoms with E-state index in [1.54, 1.807) is 32.8 Å². The number of aryl methyl sites for hydroxylation is 1. The van der Waals surface area contributed by atoms with E-state index in [0.717, 1.165) is 28.4 Å². The van der Waals surface area contributed by atoms with Crippen molar-refractivity contribution in [2.75, 3.05) is 5.32 Å². The van der Waals surface area contributed by atoms with Gasteiger partial charge in [-0.3, -0.25) is 4.79 Å². The summed E-state index contributed by atoms with van der Waals surface area (Å²) >= 11 is 0. The molecular weight excluding hydrogens is 438 g/mol. The molecule has 2 N–H and O–H groups in total. The molecule has 0 atom stereocenters. The number of nitrogens with one attached hydrogen (secondary N) is 2. The van der Waals surface area contributed by atoms with Crippen LogP contribution in [0.4, 0.5) is 11.4 Å². The molecule has 1 aromatic heterocycles. The Morgan fingerprint density at radius 2 is 1.80 bits per heavy atom. The summed E-state index contributed by atoms with van der Waals surface area (Å²) in [6.45, 7) is 7.55. The monoisotopic (exact) mass is 459 g/mol. The first-order valence-electron chi connectivity index (χ1n) is 9.28. The predicted octanol–water partition coefficient (Wildman–Crippen LogP) is 4.50. The number of benzene rings is 2. The Labute approximate surface area is 182 Å². The van der Waals surface area contributed by atoms with Gasteiger partial charge in [-0.25, -0.2) is 18.1 Å². The zero-order valence-corrected chi connectivity index (χ0v) is 19.4. The van der Waals surface area contributed by atoms with Crippen LogP contribution in [0.1, 0.15) is 31.2 Å². The maximum atomic E-state index is 12.1. The molecule has 0 spiro atoms. The molecule has 0 unspecified atom stereocenters. The Kier molecular flexibility index (Phi) is 5.08. The molecule has 0 fully saturated rings. The molecular formula is C21H21N3O3S3. The maximum absolute atomic E-state index is 12.1. The number of nitrogens with zero attached hydrogens (tertiary/aromatic N) is 1. The minimum absolute atomic E-state index is 0.0268. The second kappa shape index (κ2) is 7.33. The van der Waals surface area contributed by atoms with Gasteiger partial charge in [0.25, 0.3) is 10.0 Å². The number of anilines is 1. The molecule has 1 amide bonds. The molecule has 1 aliphatic rings. The molecule has 1 aliphatic heterocycles. The quantitative estimate of drug-likeness (QED) is 0.565. The highest BCUT2D eigenvalue weighted by molar-refractivity contribution is 7.90. The fourth-order valence-electron chi connectivity index (χ4n) is 3.42. The lowest BCUT2D eigenvalue weighted by Gasteiger charge is -2.33. The lowest BCUT2D eigenvalue weighted by atomic mass is 9.89. The molecule has 0 aliphatic carbocycles. The van der Waals surface area contributed by atoms with Gasteiger partial charge in [0.1, 0.15) is 4.67 Å². The van der Waals surface area contributed by atoms with Crippen LogP contribution < -0.4 is 14.7 Å². The van der Waals surface area contributed by atoms with Crippen LogP contribution in [0.3, 0.4) is 0 Å². The number of sulfonamides is 1. The van der Waals surface area contributed by atoms with Crippen LogP contribution in [0, 0.1) is 6.92 Å². The Balaban J connectivity index is 1.81. The zero-order valence-electron chi connectivity index (χ0n) is 16.9. The van der Waals surface area contributed by atoms with Crippen LogP contribution in [0.5, 0.6) is 0 Å². The predicted molar refractivity (Wildman–Crippen MR) is 122 cm³/mol. The van der Waals surface area contributed by atoms with Gasteiger partial charge in [0.05, 0.1) is 21.0 Å². The maximum Gasteiger partial charge on any atom is 0.264 e. The Morgan fingerprint density at radius 3 is 2.47 bits per heavy atom. The topological polar surface area (TPSA) is 87.6 Å². The Hall–Kier alpha value is -2.49. The van der Waals surface area contributed by atoms with Crippen molar-refractivity contribution in [2.24, 2.45) is 4.99 Å². The van der Waals surface area contributed by atoms with Crippen molar-refractivity contribution in [1.82, 2.24) is 4.72 Å². The number of carbonyl (C=O) groups is 1. The van der Waals surface area contributed by atoms with Gasteiger partial charge in [-0.2, -0.15) is 0 Å². The van der Waals surface area contributed by atoms with Crippen LogP contribution in [0.25, 0.3) is 11.1 Å². The van der Waals surface area contributed by atoms with Gasteiger partial charge in [-0.05, 0) is 57.2 Å². The molecule has 6 nitrogen and oxygen atoms in total. The third-order valence-electron chi connectivity index (χ3n) is 4.76. The second-order valence-corrected chi connectivity index (χ2v) is 11.6. The Morgan fingerprint density at radius 1 is 1.10 bits per heavy atom. The van der Waals surface area contributed by atoms with Crippen LogP contribution >= 0.6 is 20.7 Å². The smallest absolute Gasteiger partial charge is 0.264 e. The first-order chi connectivity index (χ1) is 14.1. The number of hydrogen-bond acceptors (Lipinski definition) is 7. The standard InChI is InChI=1S/C21H21N3O3S3/c1-12-5-10-17-16(11-12)18-19(21(3,4)23-17)28-29-20(18)22-14-6-8-15(9-7-14)30(26,27)24-13(2)25/h5-11,23H,1-4H3,(H,24,25). The van der Waals surface area contributed by atoms with Crippen LogP contribution in [-0.2, 0) is 20.4 Å². The van der Waals surface area contributed by atoms with Gasteiger partial charge >= 0.3 is 0 Å². The number of hydrogen-bond donors (Lipinski definition) is 2. The summed E-state index contributed by atoms with van der Waals surface area (Å²) in [7, 11) is -0.544. The molecule has 156 valence electrons. The molecule has 0 saturated carbocycles. The third-order valence-corrected chi connectivity index (χ3v) is 8.85. The number of carbonyl (C=O) groups excluding carboxylic acids is 1. The van der Waals surface area contributed by atoms with Crippen LogP contribution in [0.15, 0.2) is 52.4 Å². The fraction of sp³-hybridized carbons (Fsp3) is 0.238. The van der Waals surface area contributed by atoms with E-state index in [4.69, 9.17) is 4.99 Å². The molecule has 30 heavy (non-hydrogen) atoms. The van der Waals surface area contributed by atoms with Gasteiger partial charge in [0, 0.05) is 23.7 Å². The van der Waals surface area contributed by atoms with E-state index >= 15 is 0 Å². The normalized spacial score (nSPS) is 15.1.